The molecule has 0 aliphatic heterocycles. The quantitative estimate of drug-likeness (QED) is 0.768. The molecule has 3 aromatic rings. The minimum absolute atomic E-state index is 0.161. The van der Waals surface area contributed by atoms with Gasteiger partial charge >= 0.3 is 0 Å². The topological polar surface area (TPSA) is 38.9 Å². The Kier molecular flexibility index (Phi) is 3.74. The molecule has 5 heteroatoms. The molecule has 0 aliphatic rings. The Morgan fingerprint density at radius 2 is 2.05 bits per heavy atom. The lowest BCUT2D eigenvalue weighted by molar-refractivity contribution is 0.596. The van der Waals surface area contributed by atoms with E-state index in [9.17, 15) is 4.39 Å². The predicted octanol–water partition coefficient (Wildman–Crippen LogP) is 4.61. The van der Waals surface area contributed by atoms with E-state index in [1.54, 1.807) is 17.4 Å². The molecule has 1 atom stereocenters. The van der Waals surface area contributed by atoms with Crippen LogP contribution in [0.1, 0.15) is 18.5 Å². The minimum atomic E-state index is -0.246. The number of hydrogen-bond donors (Lipinski definition) is 1. The molecular weight excluding hydrogens is 291 g/mol. The van der Waals surface area contributed by atoms with Crippen LogP contribution in [0.4, 0.5) is 4.39 Å². The lowest BCUT2D eigenvalue weighted by Gasteiger charge is -2.07. The highest BCUT2D eigenvalue weighted by Gasteiger charge is 2.10. The van der Waals surface area contributed by atoms with Crippen LogP contribution < -0.4 is 5.73 Å². The Balaban J connectivity index is 1.90. The van der Waals surface area contributed by atoms with E-state index in [-0.39, 0.29) is 11.9 Å². The molecule has 0 amide bonds. The predicted molar refractivity (Wildman–Crippen MR) is 82.7 cm³/mol. The van der Waals surface area contributed by atoms with Gasteiger partial charge in [-0.2, -0.15) is 0 Å². The summed E-state index contributed by atoms with van der Waals surface area (Å²) in [6.07, 6.45) is 0. The number of para-hydroxylation sites is 1. The number of benzene rings is 2. The second kappa shape index (κ2) is 5.52. The Hall–Kier alpha value is -1.43. The molecule has 2 N–H and O–H groups in total. The van der Waals surface area contributed by atoms with Crippen LogP contribution in [0.3, 0.4) is 0 Å². The number of halogens is 1. The van der Waals surface area contributed by atoms with E-state index in [0.29, 0.717) is 4.90 Å². The lowest BCUT2D eigenvalue weighted by atomic mass is 10.1. The van der Waals surface area contributed by atoms with Crippen LogP contribution in [0.25, 0.3) is 10.2 Å². The smallest absolute Gasteiger partial charge is 0.156 e. The third kappa shape index (κ3) is 2.70. The summed E-state index contributed by atoms with van der Waals surface area (Å²) in [6.45, 7) is 1.84. The highest BCUT2D eigenvalue weighted by atomic mass is 32.2. The number of thiazole rings is 1. The molecule has 2 aromatic carbocycles. The first kappa shape index (κ1) is 13.5. The first-order valence-electron chi connectivity index (χ1n) is 6.22. The Labute approximate surface area is 124 Å². The Morgan fingerprint density at radius 3 is 2.75 bits per heavy atom. The molecule has 102 valence electrons. The number of hydrogen-bond acceptors (Lipinski definition) is 4. The first-order chi connectivity index (χ1) is 9.63. The standard InChI is InChI=1S/C15H13FN2S2/c1-9(17)10-6-7-13(11(16)8-10)19-15-18-12-4-2-3-5-14(12)20-15/h2-9H,17H2,1H3. The molecule has 0 bridgehead atoms. The fraction of sp³-hybridized carbons (Fsp3) is 0.133. The maximum atomic E-state index is 14.1. The van der Waals surface area contributed by atoms with Crippen molar-refractivity contribution < 1.29 is 4.39 Å². The monoisotopic (exact) mass is 304 g/mol. The van der Waals surface area contributed by atoms with Crippen molar-refractivity contribution in [1.82, 2.24) is 4.98 Å². The van der Waals surface area contributed by atoms with Crippen LogP contribution in [0.15, 0.2) is 51.7 Å². The Morgan fingerprint density at radius 1 is 1.25 bits per heavy atom. The third-order valence-corrected chi connectivity index (χ3v) is 5.10. The molecule has 0 saturated carbocycles. The molecule has 2 nitrogen and oxygen atoms in total. The fourth-order valence-electron chi connectivity index (χ4n) is 1.87. The second-order valence-corrected chi connectivity index (χ2v) is 6.85. The summed E-state index contributed by atoms with van der Waals surface area (Å²) < 4.78 is 16.0. The van der Waals surface area contributed by atoms with Gasteiger partial charge in [-0.1, -0.05) is 30.0 Å². The maximum absolute atomic E-state index is 14.1. The van der Waals surface area contributed by atoms with Gasteiger partial charge in [-0.25, -0.2) is 9.37 Å². The molecule has 0 spiro atoms. The summed E-state index contributed by atoms with van der Waals surface area (Å²) in [5.41, 5.74) is 7.51. The van der Waals surface area contributed by atoms with Crippen LogP contribution in [-0.2, 0) is 0 Å². The average Bonchev–Trinajstić information content (AvgIpc) is 2.83. The van der Waals surface area contributed by atoms with Gasteiger partial charge in [-0.15, -0.1) is 11.3 Å². The van der Waals surface area contributed by atoms with Crippen LogP contribution in [0, 0.1) is 5.82 Å². The molecular formula is C15H13FN2S2. The van der Waals surface area contributed by atoms with Gasteiger partial charge in [0.05, 0.1) is 15.1 Å². The van der Waals surface area contributed by atoms with E-state index in [1.807, 2.05) is 37.3 Å². The van der Waals surface area contributed by atoms with Crippen molar-refractivity contribution in [3.63, 3.8) is 0 Å². The van der Waals surface area contributed by atoms with Crippen molar-refractivity contribution in [2.75, 3.05) is 0 Å². The highest BCUT2D eigenvalue weighted by molar-refractivity contribution is 8.01. The SMILES string of the molecule is CC(N)c1ccc(Sc2nc3ccccc3s2)c(F)c1. The number of fused-ring (bicyclic) bond motifs is 1. The summed E-state index contributed by atoms with van der Waals surface area (Å²) in [5, 5.41) is 0. The largest absolute Gasteiger partial charge is 0.324 e. The van der Waals surface area contributed by atoms with E-state index in [1.165, 1.54) is 17.8 Å². The normalized spacial score (nSPS) is 12.8. The van der Waals surface area contributed by atoms with Gasteiger partial charge < -0.3 is 5.73 Å². The zero-order valence-corrected chi connectivity index (χ0v) is 12.5. The second-order valence-electron chi connectivity index (χ2n) is 4.53. The number of aromatic nitrogens is 1. The van der Waals surface area contributed by atoms with E-state index in [2.05, 4.69) is 4.98 Å². The van der Waals surface area contributed by atoms with Crippen LogP contribution in [0.2, 0.25) is 0 Å². The van der Waals surface area contributed by atoms with Crippen molar-refractivity contribution in [3.05, 3.63) is 53.8 Å². The fourth-order valence-corrected chi connectivity index (χ4v) is 3.90. The molecule has 0 saturated heterocycles. The summed E-state index contributed by atoms with van der Waals surface area (Å²) in [7, 11) is 0. The summed E-state index contributed by atoms with van der Waals surface area (Å²) >= 11 is 2.92. The zero-order chi connectivity index (χ0) is 14.1. The van der Waals surface area contributed by atoms with Gasteiger partial charge in [0.2, 0.25) is 0 Å². The van der Waals surface area contributed by atoms with Crippen molar-refractivity contribution in [2.45, 2.75) is 22.2 Å². The number of rotatable bonds is 3. The van der Waals surface area contributed by atoms with Gasteiger partial charge in [-0.05, 0) is 36.8 Å². The summed E-state index contributed by atoms with van der Waals surface area (Å²) in [5.74, 6) is -0.246. The molecule has 1 unspecified atom stereocenters. The van der Waals surface area contributed by atoms with Crippen molar-refractivity contribution in [3.8, 4) is 0 Å². The Bertz CT molecular complexity index is 719. The highest BCUT2D eigenvalue weighted by Crippen LogP contribution is 2.35. The first-order valence-corrected chi connectivity index (χ1v) is 7.85. The van der Waals surface area contributed by atoms with Gasteiger partial charge in [0.25, 0.3) is 0 Å². The maximum Gasteiger partial charge on any atom is 0.156 e. The van der Waals surface area contributed by atoms with Gasteiger partial charge in [0.1, 0.15) is 5.82 Å². The van der Waals surface area contributed by atoms with E-state index >= 15 is 0 Å². The molecule has 20 heavy (non-hydrogen) atoms. The van der Waals surface area contributed by atoms with Crippen LogP contribution in [-0.4, -0.2) is 4.98 Å². The lowest BCUT2D eigenvalue weighted by Crippen LogP contribution is -2.05. The van der Waals surface area contributed by atoms with Gasteiger partial charge in [0.15, 0.2) is 4.34 Å². The van der Waals surface area contributed by atoms with Crippen molar-refractivity contribution >= 4 is 33.3 Å². The molecule has 1 heterocycles. The molecule has 0 aliphatic carbocycles. The molecule has 1 aromatic heterocycles. The van der Waals surface area contributed by atoms with Gasteiger partial charge in [-0.3, -0.25) is 0 Å². The molecule has 3 rings (SSSR count). The zero-order valence-electron chi connectivity index (χ0n) is 10.8. The summed E-state index contributed by atoms with van der Waals surface area (Å²) in [4.78, 5) is 5.07. The van der Waals surface area contributed by atoms with Crippen molar-refractivity contribution in [2.24, 2.45) is 5.73 Å². The third-order valence-electron chi connectivity index (χ3n) is 2.95. The van der Waals surface area contributed by atoms with E-state index < -0.39 is 0 Å². The van der Waals surface area contributed by atoms with Crippen molar-refractivity contribution in [1.29, 1.82) is 0 Å². The number of nitrogens with two attached hydrogens (primary N) is 1. The van der Waals surface area contributed by atoms with E-state index in [0.717, 1.165) is 20.1 Å². The van der Waals surface area contributed by atoms with Crippen LogP contribution >= 0.6 is 23.1 Å². The summed E-state index contributed by atoms with van der Waals surface area (Å²) in [6, 6.07) is 12.9. The molecule has 0 fully saturated rings. The molecule has 0 radical (unpaired) electrons. The number of nitrogens with zero attached hydrogens (tertiary/aromatic N) is 1. The van der Waals surface area contributed by atoms with Crippen LogP contribution in [0.5, 0.6) is 0 Å². The van der Waals surface area contributed by atoms with E-state index in [4.69, 9.17) is 5.73 Å². The van der Waals surface area contributed by atoms with Gasteiger partial charge in [0, 0.05) is 6.04 Å². The minimum Gasteiger partial charge on any atom is -0.324 e. The average molecular weight is 304 g/mol.